The van der Waals surface area contributed by atoms with Crippen molar-refractivity contribution in [1.29, 1.82) is 0 Å². The van der Waals surface area contributed by atoms with Crippen LogP contribution in [0.3, 0.4) is 0 Å². The van der Waals surface area contributed by atoms with Crippen LogP contribution in [0.4, 0.5) is 0 Å². The Morgan fingerprint density at radius 3 is 2.07 bits per heavy atom. The zero-order valence-electron chi connectivity index (χ0n) is 16.0. The van der Waals surface area contributed by atoms with Crippen LogP contribution < -0.4 is 0 Å². The number of halogens is 1. The summed E-state index contributed by atoms with van der Waals surface area (Å²) in [7, 11) is 0. The minimum absolute atomic E-state index is 0.921. The van der Waals surface area contributed by atoms with Gasteiger partial charge in [0.05, 0.1) is 16.6 Å². The second-order valence-electron chi connectivity index (χ2n) is 7.26. The van der Waals surface area contributed by atoms with Gasteiger partial charge in [0, 0.05) is 38.1 Å². The number of para-hydroxylation sites is 1. The molecule has 0 spiro atoms. The Kier molecular flexibility index (Phi) is 3.93. The van der Waals surface area contributed by atoms with Gasteiger partial charge >= 0.3 is 0 Å². The van der Waals surface area contributed by atoms with Crippen LogP contribution in [-0.2, 0) is 0 Å². The van der Waals surface area contributed by atoms with Gasteiger partial charge in [-0.3, -0.25) is 9.55 Å². The fourth-order valence-corrected chi connectivity index (χ4v) is 4.45. The van der Waals surface area contributed by atoms with Crippen LogP contribution in [0, 0.1) is 0 Å². The summed E-state index contributed by atoms with van der Waals surface area (Å²) in [6.45, 7) is 0. The number of hydrogen-bond acceptors (Lipinski definition) is 2. The Bertz CT molecular complexity index is 1530. The van der Waals surface area contributed by atoms with Crippen molar-refractivity contribution in [3.05, 3.63) is 102 Å². The van der Waals surface area contributed by atoms with Gasteiger partial charge in [-0.2, -0.15) is 0 Å². The lowest BCUT2D eigenvalue weighted by molar-refractivity contribution is 1.11. The number of fused-ring (bicyclic) bond motifs is 6. The summed E-state index contributed by atoms with van der Waals surface area (Å²) in [5.74, 6) is 0.921. The molecule has 0 aliphatic carbocycles. The van der Waals surface area contributed by atoms with Crippen molar-refractivity contribution in [1.82, 2.24) is 14.5 Å². The van der Waals surface area contributed by atoms with Crippen molar-refractivity contribution in [2.75, 3.05) is 0 Å². The molecule has 0 aliphatic heterocycles. The minimum atomic E-state index is 0.921. The molecule has 6 rings (SSSR count). The second-order valence-corrected chi connectivity index (χ2v) is 8.17. The molecule has 6 aromatic rings. The molecule has 0 saturated heterocycles. The Balaban J connectivity index is 1.87. The second kappa shape index (κ2) is 6.78. The molecule has 0 bridgehead atoms. The topological polar surface area (TPSA) is 30.7 Å². The third-order valence-corrected chi connectivity index (χ3v) is 6.02. The molecular formula is C26H16BrN3. The fraction of sp³-hybridized carbons (Fsp3) is 0. The van der Waals surface area contributed by atoms with E-state index in [9.17, 15) is 0 Å². The van der Waals surface area contributed by atoms with Crippen LogP contribution in [0.2, 0.25) is 0 Å². The predicted octanol–water partition coefficient (Wildman–Crippen LogP) is 7.16. The van der Waals surface area contributed by atoms with Crippen molar-refractivity contribution in [2.45, 2.75) is 0 Å². The van der Waals surface area contributed by atoms with Gasteiger partial charge < -0.3 is 0 Å². The molecule has 0 unspecified atom stereocenters. The van der Waals surface area contributed by atoms with Crippen LogP contribution in [-0.4, -0.2) is 14.5 Å². The van der Waals surface area contributed by atoms with Crippen LogP contribution in [0.15, 0.2) is 102 Å². The van der Waals surface area contributed by atoms with Crippen LogP contribution in [0.1, 0.15) is 0 Å². The minimum Gasteiger partial charge on any atom is -0.292 e. The highest BCUT2D eigenvalue weighted by atomic mass is 79.9. The monoisotopic (exact) mass is 449 g/mol. The smallest absolute Gasteiger partial charge is 0.145 e. The average molecular weight is 450 g/mol. The Hall–Kier alpha value is -3.50. The van der Waals surface area contributed by atoms with E-state index >= 15 is 0 Å². The van der Waals surface area contributed by atoms with E-state index in [1.54, 1.807) is 0 Å². The summed E-state index contributed by atoms with van der Waals surface area (Å²) >= 11 is 3.55. The van der Waals surface area contributed by atoms with Crippen LogP contribution in [0.5, 0.6) is 0 Å². The molecule has 3 nitrogen and oxygen atoms in total. The highest BCUT2D eigenvalue weighted by Gasteiger charge is 2.20. The molecule has 2 heterocycles. The first-order chi connectivity index (χ1) is 14.8. The molecule has 4 aromatic carbocycles. The quantitative estimate of drug-likeness (QED) is 0.262. The summed E-state index contributed by atoms with van der Waals surface area (Å²) in [4.78, 5) is 9.93. The van der Waals surface area contributed by atoms with E-state index in [1.165, 1.54) is 0 Å². The lowest BCUT2D eigenvalue weighted by Gasteiger charge is -2.12. The molecule has 0 N–H and O–H groups in total. The number of imidazole rings is 1. The van der Waals surface area contributed by atoms with Crippen molar-refractivity contribution >= 4 is 48.6 Å². The van der Waals surface area contributed by atoms with E-state index in [0.29, 0.717) is 0 Å². The first-order valence-electron chi connectivity index (χ1n) is 9.80. The molecule has 0 aliphatic rings. The molecule has 142 valence electrons. The number of rotatable bonds is 2. The van der Waals surface area contributed by atoms with E-state index < -0.39 is 0 Å². The Labute approximate surface area is 181 Å². The van der Waals surface area contributed by atoms with Gasteiger partial charge in [0.2, 0.25) is 0 Å². The van der Waals surface area contributed by atoms with E-state index in [2.05, 4.69) is 99.4 Å². The summed E-state index contributed by atoms with van der Waals surface area (Å²) in [5, 5.41) is 3.35. The Morgan fingerprint density at radius 2 is 1.30 bits per heavy atom. The largest absolute Gasteiger partial charge is 0.292 e. The third-order valence-electron chi connectivity index (χ3n) is 5.49. The molecule has 0 atom stereocenters. The van der Waals surface area contributed by atoms with Gasteiger partial charge in [-0.15, -0.1) is 0 Å². The lowest BCUT2D eigenvalue weighted by atomic mass is 10.0. The first kappa shape index (κ1) is 17.4. The molecule has 4 heteroatoms. The molecule has 0 fully saturated rings. The maximum atomic E-state index is 5.19. The molecule has 0 saturated carbocycles. The number of hydrogen-bond donors (Lipinski definition) is 0. The SMILES string of the molecule is Brc1ccc(-c2nc3c4ccccc4c4ncccc4c3n2-c2ccccc2)cc1. The van der Waals surface area contributed by atoms with E-state index in [-0.39, 0.29) is 0 Å². The van der Waals surface area contributed by atoms with Crippen LogP contribution >= 0.6 is 15.9 Å². The van der Waals surface area contributed by atoms with Gasteiger partial charge in [0.25, 0.3) is 0 Å². The molecule has 2 aromatic heterocycles. The van der Waals surface area contributed by atoms with Crippen LogP contribution in [0.25, 0.3) is 49.8 Å². The predicted molar refractivity (Wildman–Crippen MR) is 127 cm³/mol. The first-order valence-corrected chi connectivity index (χ1v) is 10.6. The van der Waals surface area contributed by atoms with Gasteiger partial charge in [-0.25, -0.2) is 4.98 Å². The standard InChI is InChI=1S/C26H16BrN3/c27-18-14-12-17(13-15-18)26-29-24-21-10-5-4-9-20(21)23-22(11-6-16-28-23)25(24)30(26)19-7-2-1-3-8-19/h1-16H. The highest BCUT2D eigenvalue weighted by molar-refractivity contribution is 9.10. The van der Waals surface area contributed by atoms with Gasteiger partial charge in [-0.05, 0) is 36.4 Å². The van der Waals surface area contributed by atoms with Gasteiger partial charge in [-0.1, -0.05) is 70.5 Å². The van der Waals surface area contributed by atoms with E-state index in [0.717, 1.165) is 54.3 Å². The van der Waals surface area contributed by atoms with E-state index in [1.807, 2.05) is 18.3 Å². The molecule has 0 amide bonds. The Morgan fingerprint density at radius 1 is 0.633 bits per heavy atom. The average Bonchev–Trinajstić information content (AvgIpc) is 3.21. The van der Waals surface area contributed by atoms with Crippen molar-refractivity contribution in [2.24, 2.45) is 0 Å². The number of benzene rings is 4. The highest BCUT2D eigenvalue weighted by Crippen LogP contribution is 2.38. The zero-order valence-corrected chi connectivity index (χ0v) is 17.5. The summed E-state index contributed by atoms with van der Waals surface area (Å²) in [6, 6.07) is 31.3. The normalized spacial score (nSPS) is 11.5. The van der Waals surface area contributed by atoms with Crippen molar-refractivity contribution < 1.29 is 0 Å². The fourth-order valence-electron chi connectivity index (χ4n) is 4.18. The lowest BCUT2D eigenvalue weighted by Crippen LogP contribution is -1.98. The maximum Gasteiger partial charge on any atom is 0.145 e. The van der Waals surface area contributed by atoms with Gasteiger partial charge in [0.15, 0.2) is 0 Å². The number of nitrogens with zero attached hydrogens (tertiary/aromatic N) is 3. The van der Waals surface area contributed by atoms with Gasteiger partial charge in [0.1, 0.15) is 5.82 Å². The molecule has 30 heavy (non-hydrogen) atoms. The number of aromatic nitrogens is 3. The summed E-state index contributed by atoms with van der Waals surface area (Å²) in [5.41, 5.74) is 5.23. The maximum absolute atomic E-state index is 5.19. The molecule has 0 radical (unpaired) electrons. The zero-order chi connectivity index (χ0) is 20.1. The van der Waals surface area contributed by atoms with E-state index in [4.69, 9.17) is 9.97 Å². The molecular weight excluding hydrogens is 434 g/mol. The summed E-state index contributed by atoms with van der Waals surface area (Å²) in [6.07, 6.45) is 1.86. The van der Waals surface area contributed by atoms with Crippen molar-refractivity contribution in [3.8, 4) is 17.1 Å². The third kappa shape index (κ3) is 2.57. The van der Waals surface area contributed by atoms with Crippen molar-refractivity contribution in [3.63, 3.8) is 0 Å². The summed E-state index contributed by atoms with van der Waals surface area (Å²) < 4.78 is 3.31. The number of pyridine rings is 1.